The van der Waals surface area contributed by atoms with E-state index in [2.05, 4.69) is 25.6 Å². The van der Waals surface area contributed by atoms with Crippen LogP contribution in [-0.4, -0.2) is 73.8 Å². The summed E-state index contributed by atoms with van der Waals surface area (Å²) < 4.78 is 25.0. The van der Waals surface area contributed by atoms with E-state index in [1.165, 1.54) is 0 Å². The van der Waals surface area contributed by atoms with Crippen molar-refractivity contribution in [2.45, 2.75) is 25.4 Å². The van der Waals surface area contributed by atoms with Gasteiger partial charge >= 0.3 is 0 Å². The molecule has 1 aliphatic rings. The molecule has 24 heavy (non-hydrogen) atoms. The molecular weight excluding hydrogens is 328 g/mol. The summed E-state index contributed by atoms with van der Waals surface area (Å²) in [6, 6.07) is 0.0467. The zero-order valence-electron chi connectivity index (χ0n) is 14.9. The number of hydrogen-bond acceptors (Lipinski definition) is 5. The van der Waals surface area contributed by atoms with E-state index in [4.69, 9.17) is 0 Å². The molecule has 8 nitrogen and oxygen atoms in total. The van der Waals surface area contributed by atoms with Crippen LogP contribution in [0.3, 0.4) is 0 Å². The molecule has 2 atom stereocenters. The van der Waals surface area contributed by atoms with E-state index in [0.717, 1.165) is 12.1 Å². The molecule has 0 radical (unpaired) electrons. The van der Waals surface area contributed by atoms with E-state index in [-0.39, 0.29) is 23.6 Å². The van der Waals surface area contributed by atoms with E-state index >= 15 is 0 Å². The number of rotatable bonds is 6. The summed E-state index contributed by atoms with van der Waals surface area (Å²) in [5.41, 5.74) is 1.10. The van der Waals surface area contributed by atoms with E-state index in [1.54, 1.807) is 4.68 Å². The molecule has 0 bridgehead atoms. The second-order valence-electron chi connectivity index (χ2n) is 6.39. The van der Waals surface area contributed by atoms with Crippen LogP contribution in [0.1, 0.15) is 24.9 Å². The molecule has 1 fully saturated rings. The fraction of sp³-hybridized carbons (Fsp3) is 0.733. The maximum absolute atomic E-state index is 11.6. The Bertz CT molecular complexity index is 667. The van der Waals surface area contributed by atoms with Gasteiger partial charge in [-0.1, -0.05) is 0 Å². The minimum atomic E-state index is -2.91. The van der Waals surface area contributed by atoms with Crippen molar-refractivity contribution in [3.8, 4) is 0 Å². The van der Waals surface area contributed by atoms with Crippen molar-refractivity contribution >= 4 is 15.8 Å². The predicted molar refractivity (Wildman–Crippen MR) is 95.8 cm³/mol. The molecule has 1 aromatic heterocycles. The number of nitrogens with zero attached hydrogens (tertiary/aromatic N) is 4. The monoisotopic (exact) mass is 356 g/mol. The summed E-state index contributed by atoms with van der Waals surface area (Å²) in [5.74, 6) is 1.09. The number of aliphatic imine (C=N–C) groups is 1. The molecule has 0 aliphatic carbocycles. The topological polar surface area (TPSA) is 91.6 Å². The van der Waals surface area contributed by atoms with E-state index in [0.29, 0.717) is 18.9 Å². The molecule has 2 rings (SSSR count). The van der Waals surface area contributed by atoms with Crippen LogP contribution in [0.4, 0.5) is 0 Å². The minimum absolute atomic E-state index is 0.0657. The number of aryl methyl sites for hydroxylation is 1. The summed E-state index contributed by atoms with van der Waals surface area (Å²) in [6.45, 7) is 3.28. The smallest absolute Gasteiger partial charge is 0.191 e. The first-order chi connectivity index (χ1) is 11.3. The highest BCUT2D eigenvalue weighted by molar-refractivity contribution is 7.91. The van der Waals surface area contributed by atoms with Gasteiger partial charge in [-0.05, 0) is 27.4 Å². The van der Waals surface area contributed by atoms with Crippen LogP contribution in [-0.2, 0) is 16.9 Å². The van der Waals surface area contributed by atoms with E-state index < -0.39 is 9.84 Å². The van der Waals surface area contributed by atoms with Gasteiger partial charge in [-0.2, -0.15) is 5.10 Å². The Labute approximate surface area is 144 Å². The number of hydrogen-bond donors (Lipinski definition) is 2. The number of nitrogens with one attached hydrogen (secondary N) is 2. The van der Waals surface area contributed by atoms with Gasteiger partial charge in [-0.3, -0.25) is 9.67 Å². The number of aromatic nitrogens is 2. The van der Waals surface area contributed by atoms with Crippen LogP contribution in [0.5, 0.6) is 0 Å². The Morgan fingerprint density at radius 3 is 2.79 bits per heavy atom. The van der Waals surface area contributed by atoms with Crippen molar-refractivity contribution in [1.82, 2.24) is 25.3 Å². The van der Waals surface area contributed by atoms with Crippen molar-refractivity contribution in [3.05, 3.63) is 18.0 Å². The molecule has 1 aromatic rings. The fourth-order valence-corrected chi connectivity index (χ4v) is 4.45. The summed E-state index contributed by atoms with van der Waals surface area (Å²) in [6.07, 6.45) is 4.47. The van der Waals surface area contributed by atoms with Gasteiger partial charge in [-0.15, -0.1) is 0 Å². The van der Waals surface area contributed by atoms with E-state index in [1.807, 2.05) is 40.5 Å². The Balaban J connectivity index is 2.05. The van der Waals surface area contributed by atoms with Gasteiger partial charge in [0.2, 0.25) is 0 Å². The predicted octanol–water partition coefficient (Wildman–Crippen LogP) is -0.235. The average molecular weight is 356 g/mol. The number of likely N-dealkylation sites (N-methyl/N-ethyl adjacent to an activating group) is 1. The van der Waals surface area contributed by atoms with Crippen molar-refractivity contribution in [3.63, 3.8) is 0 Å². The van der Waals surface area contributed by atoms with Crippen molar-refractivity contribution in [2.24, 2.45) is 12.0 Å². The zero-order chi connectivity index (χ0) is 17.7. The summed E-state index contributed by atoms with van der Waals surface area (Å²) in [4.78, 5) is 6.75. The molecule has 0 amide bonds. The summed E-state index contributed by atoms with van der Waals surface area (Å²) >= 11 is 0. The van der Waals surface area contributed by atoms with Gasteiger partial charge in [0.25, 0.3) is 0 Å². The third-order valence-corrected chi connectivity index (χ3v) is 5.84. The highest BCUT2D eigenvalue weighted by atomic mass is 32.2. The first-order valence-corrected chi connectivity index (χ1v) is 10.0. The van der Waals surface area contributed by atoms with Crippen LogP contribution in [0.15, 0.2) is 17.4 Å². The standard InChI is InChI=1S/C15H28N6O2S/c1-5-16-15(19-13-6-7-24(22,23)11-13)17-9-14(20(2)3)12-8-18-21(4)10-12/h8,10,13-14H,5-7,9,11H2,1-4H3,(H2,16,17,19). The molecule has 0 aromatic carbocycles. The molecular formula is C15H28N6O2S. The minimum Gasteiger partial charge on any atom is -0.357 e. The molecule has 2 N–H and O–H groups in total. The quantitative estimate of drug-likeness (QED) is 0.540. The maximum atomic E-state index is 11.6. The molecule has 2 heterocycles. The van der Waals surface area contributed by atoms with Crippen LogP contribution in [0.25, 0.3) is 0 Å². The molecule has 136 valence electrons. The lowest BCUT2D eigenvalue weighted by Crippen LogP contribution is -2.44. The van der Waals surface area contributed by atoms with Crippen LogP contribution >= 0.6 is 0 Å². The molecule has 0 saturated carbocycles. The van der Waals surface area contributed by atoms with Crippen LogP contribution in [0, 0.1) is 0 Å². The summed E-state index contributed by atoms with van der Waals surface area (Å²) in [5, 5.41) is 10.7. The van der Waals surface area contributed by atoms with Gasteiger partial charge in [0.05, 0.1) is 30.3 Å². The molecule has 9 heteroatoms. The average Bonchev–Trinajstić information content (AvgIpc) is 3.05. The lowest BCUT2D eigenvalue weighted by Gasteiger charge is -2.22. The molecule has 0 spiro atoms. The van der Waals surface area contributed by atoms with Gasteiger partial charge in [0.1, 0.15) is 0 Å². The molecule has 1 aliphatic heterocycles. The Morgan fingerprint density at radius 2 is 2.29 bits per heavy atom. The second-order valence-corrected chi connectivity index (χ2v) is 8.62. The largest absolute Gasteiger partial charge is 0.357 e. The lowest BCUT2D eigenvalue weighted by molar-refractivity contribution is 0.306. The Morgan fingerprint density at radius 1 is 1.54 bits per heavy atom. The highest BCUT2D eigenvalue weighted by Crippen LogP contribution is 2.17. The van der Waals surface area contributed by atoms with Crippen molar-refractivity contribution < 1.29 is 8.42 Å². The number of guanidine groups is 1. The third kappa shape index (κ3) is 5.20. The zero-order valence-corrected chi connectivity index (χ0v) is 15.7. The normalized spacial score (nSPS) is 21.9. The Hall–Kier alpha value is -1.61. The number of sulfone groups is 1. The fourth-order valence-electron chi connectivity index (χ4n) is 2.78. The van der Waals surface area contributed by atoms with Gasteiger partial charge in [-0.25, -0.2) is 8.42 Å². The first kappa shape index (κ1) is 18.7. The Kier molecular flexibility index (Phi) is 6.22. The van der Waals surface area contributed by atoms with Crippen molar-refractivity contribution in [1.29, 1.82) is 0 Å². The summed E-state index contributed by atoms with van der Waals surface area (Å²) in [7, 11) is 3.01. The molecule has 1 saturated heterocycles. The van der Waals surface area contributed by atoms with Crippen LogP contribution in [0.2, 0.25) is 0 Å². The van der Waals surface area contributed by atoms with Gasteiger partial charge in [0.15, 0.2) is 15.8 Å². The van der Waals surface area contributed by atoms with Gasteiger partial charge in [0, 0.05) is 31.4 Å². The third-order valence-electron chi connectivity index (χ3n) is 4.07. The maximum Gasteiger partial charge on any atom is 0.191 e. The SMILES string of the molecule is CCNC(=NCC(c1cnn(C)c1)N(C)C)NC1CCS(=O)(=O)C1. The first-order valence-electron chi connectivity index (χ1n) is 8.21. The van der Waals surface area contributed by atoms with Crippen molar-refractivity contribution in [2.75, 3.05) is 38.7 Å². The highest BCUT2D eigenvalue weighted by Gasteiger charge is 2.28. The van der Waals surface area contributed by atoms with Gasteiger partial charge < -0.3 is 15.5 Å². The second kappa shape index (κ2) is 7.98. The molecule has 2 unspecified atom stereocenters. The lowest BCUT2D eigenvalue weighted by atomic mass is 10.1. The van der Waals surface area contributed by atoms with Crippen LogP contribution < -0.4 is 10.6 Å². The van der Waals surface area contributed by atoms with E-state index in [9.17, 15) is 8.42 Å².